The minimum Gasteiger partial charge on any atom is -0.497 e. The number of methoxy groups -OCH3 is 1. The highest BCUT2D eigenvalue weighted by Crippen LogP contribution is 2.30. The van der Waals surface area contributed by atoms with Crippen LogP contribution in [0.2, 0.25) is 10.0 Å². The Bertz CT molecular complexity index is 1330. The van der Waals surface area contributed by atoms with Gasteiger partial charge >= 0.3 is 10.1 Å². The number of para-hydroxylation sites is 1. The second kappa shape index (κ2) is 10.4. The quantitative estimate of drug-likeness (QED) is 0.266. The van der Waals surface area contributed by atoms with Crippen LogP contribution in [0.25, 0.3) is 6.08 Å². The topological polar surface area (TPSA) is 105 Å². The molecule has 1 amide bonds. The van der Waals surface area contributed by atoms with Crippen molar-refractivity contribution in [1.29, 1.82) is 5.26 Å². The number of benzene rings is 3. The third-order valence-corrected chi connectivity index (χ3v) is 6.20. The van der Waals surface area contributed by atoms with E-state index in [1.807, 2.05) is 6.07 Å². The average Bonchev–Trinajstić information content (AvgIpc) is 2.80. The van der Waals surface area contributed by atoms with Crippen molar-refractivity contribution in [3.05, 3.63) is 87.9 Å². The molecule has 0 bridgehead atoms. The maximum atomic E-state index is 12.5. The first-order valence-corrected chi connectivity index (χ1v) is 11.5. The van der Waals surface area contributed by atoms with Crippen LogP contribution in [0.1, 0.15) is 5.56 Å². The lowest BCUT2D eigenvalue weighted by molar-refractivity contribution is -0.112. The molecule has 0 aromatic heterocycles. The predicted molar refractivity (Wildman–Crippen MR) is 126 cm³/mol. The van der Waals surface area contributed by atoms with Gasteiger partial charge in [-0.25, -0.2) is 0 Å². The molecule has 7 nitrogen and oxygen atoms in total. The van der Waals surface area contributed by atoms with Crippen molar-refractivity contribution >= 4 is 51.0 Å². The summed E-state index contributed by atoms with van der Waals surface area (Å²) >= 11 is 12.1. The van der Waals surface area contributed by atoms with Crippen molar-refractivity contribution in [2.75, 3.05) is 12.4 Å². The Balaban J connectivity index is 1.75. The predicted octanol–water partition coefficient (Wildman–Crippen LogP) is 5.32. The number of hydrogen-bond acceptors (Lipinski definition) is 6. The van der Waals surface area contributed by atoms with Crippen LogP contribution in [0.15, 0.2) is 77.2 Å². The van der Waals surface area contributed by atoms with Gasteiger partial charge in [0.05, 0.1) is 22.8 Å². The van der Waals surface area contributed by atoms with Crippen LogP contribution in [-0.2, 0) is 14.9 Å². The second-order valence-electron chi connectivity index (χ2n) is 6.50. The fraction of sp³-hybridized carbons (Fsp3) is 0.0435. The normalized spacial score (nSPS) is 11.4. The van der Waals surface area contributed by atoms with E-state index in [9.17, 15) is 18.5 Å². The molecule has 0 aliphatic heterocycles. The summed E-state index contributed by atoms with van der Waals surface area (Å²) in [7, 11) is -2.57. The summed E-state index contributed by atoms with van der Waals surface area (Å²) in [5.41, 5.74) is 0.464. The third kappa shape index (κ3) is 6.05. The van der Waals surface area contributed by atoms with Gasteiger partial charge in [-0.05, 0) is 60.2 Å². The molecule has 3 rings (SSSR count). The van der Waals surface area contributed by atoms with Crippen LogP contribution in [0.5, 0.6) is 11.5 Å². The lowest BCUT2D eigenvalue weighted by Crippen LogP contribution is -2.14. The highest BCUT2D eigenvalue weighted by Gasteiger charge is 2.17. The summed E-state index contributed by atoms with van der Waals surface area (Å²) in [4.78, 5) is 12.4. The number of carbonyl (C=O) groups is 1. The SMILES string of the molecule is COc1ccc(S(=O)(=O)Oc2ccc(/C=C(\C#N)C(=O)Nc3c(Cl)cccc3Cl)cc2)cc1. The molecule has 0 fully saturated rings. The highest BCUT2D eigenvalue weighted by atomic mass is 35.5. The van der Waals surface area contributed by atoms with E-state index in [1.165, 1.54) is 61.7 Å². The first-order valence-electron chi connectivity index (χ1n) is 9.29. The summed E-state index contributed by atoms with van der Waals surface area (Å²) in [6.45, 7) is 0. The van der Waals surface area contributed by atoms with Crippen molar-refractivity contribution in [2.45, 2.75) is 4.90 Å². The van der Waals surface area contributed by atoms with Crippen molar-refractivity contribution in [3.63, 3.8) is 0 Å². The minimum atomic E-state index is -4.05. The summed E-state index contributed by atoms with van der Waals surface area (Å²) in [5, 5.41) is 12.4. The Hall–Kier alpha value is -3.51. The molecule has 33 heavy (non-hydrogen) atoms. The Kier molecular flexibility index (Phi) is 7.61. The average molecular weight is 503 g/mol. The molecule has 3 aromatic carbocycles. The Morgan fingerprint density at radius 2 is 1.55 bits per heavy atom. The van der Waals surface area contributed by atoms with Crippen molar-refractivity contribution in [3.8, 4) is 17.6 Å². The van der Waals surface area contributed by atoms with Crippen LogP contribution < -0.4 is 14.2 Å². The maximum Gasteiger partial charge on any atom is 0.339 e. The first kappa shape index (κ1) is 24.1. The lowest BCUT2D eigenvalue weighted by atomic mass is 10.1. The van der Waals surface area contributed by atoms with E-state index in [0.717, 1.165) is 0 Å². The number of hydrogen-bond donors (Lipinski definition) is 1. The molecule has 0 saturated heterocycles. The molecule has 1 N–H and O–H groups in total. The summed E-state index contributed by atoms with van der Waals surface area (Å²) in [6, 6.07) is 18.1. The van der Waals surface area contributed by atoms with Gasteiger partial charge < -0.3 is 14.2 Å². The number of amides is 1. The zero-order valence-electron chi connectivity index (χ0n) is 17.1. The van der Waals surface area contributed by atoms with E-state index in [4.69, 9.17) is 32.1 Å². The van der Waals surface area contributed by atoms with E-state index >= 15 is 0 Å². The number of nitrogens with zero attached hydrogens (tertiary/aromatic N) is 1. The van der Waals surface area contributed by atoms with Gasteiger partial charge in [0.2, 0.25) is 0 Å². The molecular formula is C23H16Cl2N2O5S. The van der Waals surface area contributed by atoms with Crippen molar-refractivity contribution in [1.82, 2.24) is 0 Å². The van der Waals surface area contributed by atoms with Crippen molar-refractivity contribution < 1.29 is 22.1 Å². The van der Waals surface area contributed by atoms with E-state index in [1.54, 1.807) is 18.2 Å². The van der Waals surface area contributed by atoms with E-state index in [-0.39, 0.29) is 32.0 Å². The lowest BCUT2D eigenvalue weighted by Gasteiger charge is -2.09. The summed E-state index contributed by atoms with van der Waals surface area (Å²) < 4.78 is 35.0. The second-order valence-corrected chi connectivity index (χ2v) is 8.86. The standard InChI is InChI=1S/C23H16Cl2N2O5S/c1-31-17-9-11-19(12-10-17)33(29,30)32-18-7-5-15(6-8-18)13-16(14-26)23(28)27-22-20(24)3-2-4-21(22)25/h2-13H,1H3,(H,27,28)/b16-13+. The molecular weight excluding hydrogens is 487 g/mol. The number of nitriles is 1. The molecule has 0 radical (unpaired) electrons. The van der Waals surface area contributed by atoms with Gasteiger partial charge in [-0.2, -0.15) is 13.7 Å². The fourth-order valence-corrected chi connectivity index (χ4v) is 4.07. The number of halogens is 2. The molecule has 3 aromatic rings. The zero-order valence-corrected chi connectivity index (χ0v) is 19.4. The summed E-state index contributed by atoms with van der Waals surface area (Å²) in [6.07, 6.45) is 1.34. The molecule has 0 aliphatic rings. The van der Waals surface area contributed by atoms with Crippen LogP contribution in [0.4, 0.5) is 5.69 Å². The Labute approximate surface area is 200 Å². The molecule has 0 spiro atoms. The monoisotopic (exact) mass is 502 g/mol. The number of carbonyl (C=O) groups excluding carboxylic acids is 1. The Morgan fingerprint density at radius 1 is 0.970 bits per heavy atom. The number of ether oxygens (including phenoxy) is 1. The van der Waals surface area contributed by atoms with Gasteiger partial charge in [0.1, 0.15) is 28.0 Å². The van der Waals surface area contributed by atoms with Gasteiger partial charge in [0.15, 0.2) is 0 Å². The van der Waals surface area contributed by atoms with Crippen molar-refractivity contribution in [2.24, 2.45) is 0 Å². The van der Waals surface area contributed by atoms with Gasteiger partial charge in [-0.3, -0.25) is 4.79 Å². The van der Waals surface area contributed by atoms with Gasteiger partial charge in [-0.15, -0.1) is 0 Å². The minimum absolute atomic E-state index is 0.0334. The molecule has 0 unspecified atom stereocenters. The number of rotatable bonds is 7. The molecule has 0 saturated carbocycles. The highest BCUT2D eigenvalue weighted by molar-refractivity contribution is 7.87. The van der Waals surface area contributed by atoms with Gasteiger partial charge in [0, 0.05) is 0 Å². The molecule has 0 atom stereocenters. The number of anilines is 1. The largest absolute Gasteiger partial charge is 0.497 e. The smallest absolute Gasteiger partial charge is 0.339 e. The van der Waals surface area contributed by atoms with Crippen LogP contribution in [0, 0.1) is 11.3 Å². The van der Waals surface area contributed by atoms with Crippen LogP contribution in [-0.4, -0.2) is 21.4 Å². The zero-order chi connectivity index (χ0) is 24.0. The van der Waals surface area contributed by atoms with Gasteiger partial charge in [0.25, 0.3) is 5.91 Å². The molecule has 0 aliphatic carbocycles. The molecule has 168 valence electrons. The fourth-order valence-electron chi connectivity index (χ4n) is 2.65. The first-order chi connectivity index (χ1) is 15.7. The summed E-state index contributed by atoms with van der Waals surface area (Å²) in [5.74, 6) is -0.122. The molecule has 0 heterocycles. The Morgan fingerprint density at radius 3 is 2.09 bits per heavy atom. The third-order valence-electron chi connectivity index (χ3n) is 4.31. The van der Waals surface area contributed by atoms with E-state index in [0.29, 0.717) is 11.3 Å². The molecule has 10 heteroatoms. The van der Waals surface area contributed by atoms with Crippen LogP contribution >= 0.6 is 23.2 Å². The maximum absolute atomic E-state index is 12.5. The van der Waals surface area contributed by atoms with E-state index < -0.39 is 16.0 Å². The van der Waals surface area contributed by atoms with Crippen LogP contribution in [0.3, 0.4) is 0 Å². The van der Waals surface area contributed by atoms with Gasteiger partial charge in [-0.1, -0.05) is 41.4 Å². The number of nitrogens with one attached hydrogen (secondary N) is 1. The van der Waals surface area contributed by atoms with E-state index in [2.05, 4.69) is 5.32 Å².